The molecule has 0 aromatic heterocycles. The molecule has 0 rings (SSSR count). The molecule has 10 heavy (non-hydrogen) atoms. The zero-order valence-corrected chi connectivity index (χ0v) is 8.85. The van der Waals surface area contributed by atoms with Crippen LogP contribution in [-0.4, -0.2) is 30.4 Å². The fourth-order valence-electron chi connectivity index (χ4n) is 0.481. The largest absolute Gasteiger partial charge is 0.385 e. The molecular formula is C5H10Br2O3. The molecule has 0 fully saturated rings. The third kappa shape index (κ3) is 3.30. The van der Waals surface area contributed by atoms with E-state index in [2.05, 4.69) is 31.9 Å². The van der Waals surface area contributed by atoms with Crippen LogP contribution >= 0.6 is 31.9 Å². The standard InChI is InChI=1S/C5H10Br2O3/c1-4(6,9)3(8)5(2,7)10/h3,8-10H,1-2H3/t3?,4-,5+. The van der Waals surface area contributed by atoms with Gasteiger partial charge in [-0.2, -0.15) is 0 Å². The summed E-state index contributed by atoms with van der Waals surface area (Å²) in [6.45, 7) is 2.68. The molecule has 0 aliphatic rings. The van der Waals surface area contributed by atoms with Crippen molar-refractivity contribution in [1.82, 2.24) is 0 Å². The van der Waals surface area contributed by atoms with Crippen molar-refractivity contribution >= 4 is 31.9 Å². The average molecular weight is 278 g/mol. The highest BCUT2D eigenvalue weighted by atomic mass is 79.9. The Hall–Kier alpha value is 0.840. The molecule has 0 aromatic rings. The molecule has 3 nitrogen and oxygen atoms in total. The topological polar surface area (TPSA) is 60.7 Å². The van der Waals surface area contributed by atoms with Crippen LogP contribution in [0.3, 0.4) is 0 Å². The minimum Gasteiger partial charge on any atom is -0.385 e. The van der Waals surface area contributed by atoms with Crippen LogP contribution in [0.2, 0.25) is 0 Å². The van der Waals surface area contributed by atoms with Crippen molar-refractivity contribution in [2.75, 3.05) is 0 Å². The maximum absolute atomic E-state index is 9.13. The maximum Gasteiger partial charge on any atom is 0.146 e. The van der Waals surface area contributed by atoms with Gasteiger partial charge >= 0.3 is 0 Å². The lowest BCUT2D eigenvalue weighted by Crippen LogP contribution is -2.46. The Kier molecular flexibility index (Phi) is 3.32. The van der Waals surface area contributed by atoms with Crippen LogP contribution in [0.4, 0.5) is 0 Å². The van der Waals surface area contributed by atoms with Crippen LogP contribution in [0.1, 0.15) is 13.8 Å². The van der Waals surface area contributed by atoms with Crippen LogP contribution in [0.25, 0.3) is 0 Å². The van der Waals surface area contributed by atoms with Gasteiger partial charge in [-0.05, 0) is 13.8 Å². The lowest BCUT2D eigenvalue weighted by atomic mass is 10.1. The summed E-state index contributed by atoms with van der Waals surface area (Å²) >= 11 is 5.59. The van der Waals surface area contributed by atoms with Crippen molar-refractivity contribution in [3.05, 3.63) is 0 Å². The summed E-state index contributed by atoms with van der Waals surface area (Å²) in [5.41, 5.74) is 0. The smallest absolute Gasteiger partial charge is 0.146 e. The van der Waals surface area contributed by atoms with Gasteiger partial charge in [0.05, 0.1) is 0 Å². The van der Waals surface area contributed by atoms with E-state index in [0.717, 1.165) is 0 Å². The molecule has 0 saturated heterocycles. The summed E-state index contributed by atoms with van der Waals surface area (Å²) in [5, 5.41) is 27.3. The Balaban J connectivity index is 4.23. The van der Waals surface area contributed by atoms with E-state index in [1.54, 1.807) is 0 Å². The fraction of sp³-hybridized carbons (Fsp3) is 1.00. The molecule has 0 aliphatic heterocycles. The van der Waals surface area contributed by atoms with E-state index in [9.17, 15) is 0 Å². The Labute approximate surface area is 76.3 Å². The highest BCUT2D eigenvalue weighted by molar-refractivity contribution is 9.10. The summed E-state index contributed by atoms with van der Waals surface area (Å²) < 4.78 is -2.97. The van der Waals surface area contributed by atoms with Crippen molar-refractivity contribution in [3.63, 3.8) is 0 Å². The molecule has 0 bridgehead atoms. The van der Waals surface area contributed by atoms with E-state index < -0.39 is 15.1 Å². The van der Waals surface area contributed by atoms with Gasteiger partial charge in [-0.25, -0.2) is 0 Å². The SMILES string of the molecule is C[C@](O)(Br)C(O)[C@](C)(O)Br. The lowest BCUT2D eigenvalue weighted by molar-refractivity contribution is -0.0707. The van der Waals surface area contributed by atoms with Crippen LogP contribution in [0, 0.1) is 0 Å². The fourth-order valence-corrected chi connectivity index (χ4v) is 1.68. The quantitative estimate of drug-likeness (QED) is 0.647. The van der Waals surface area contributed by atoms with E-state index in [1.807, 2.05) is 0 Å². The molecule has 0 heterocycles. The lowest BCUT2D eigenvalue weighted by Gasteiger charge is -2.30. The molecule has 3 atom stereocenters. The first-order chi connectivity index (χ1) is 4.15. The van der Waals surface area contributed by atoms with Crippen molar-refractivity contribution in [1.29, 1.82) is 0 Å². The number of hydrogen-bond acceptors (Lipinski definition) is 3. The third-order valence-corrected chi connectivity index (χ3v) is 1.87. The van der Waals surface area contributed by atoms with Crippen LogP contribution in [0.5, 0.6) is 0 Å². The molecule has 1 unspecified atom stereocenters. The summed E-state index contributed by atoms with van der Waals surface area (Å²) in [6.07, 6.45) is -1.29. The Morgan fingerprint density at radius 3 is 1.30 bits per heavy atom. The second-order valence-electron chi connectivity index (χ2n) is 2.45. The normalized spacial score (nSPS) is 26.7. The number of halogens is 2. The maximum atomic E-state index is 9.13. The van der Waals surface area contributed by atoms with Gasteiger partial charge in [0, 0.05) is 0 Å². The summed E-state index contributed by atoms with van der Waals surface area (Å²) in [7, 11) is 0. The van der Waals surface area contributed by atoms with Gasteiger partial charge in [-0.1, -0.05) is 31.9 Å². The molecule has 0 amide bonds. The van der Waals surface area contributed by atoms with Gasteiger partial charge in [-0.3, -0.25) is 0 Å². The van der Waals surface area contributed by atoms with Gasteiger partial charge in [0.25, 0.3) is 0 Å². The average Bonchev–Trinajstić information content (AvgIpc) is 1.59. The molecular weight excluding hydrogens is 268 g/mol. The second-order valence-corrected chi connectivity index (χ2v) is 5.66. The molecule has 0 aromatic carbocycles. The molecule has 62 valence electrons. The van der Waals surface area contributed by atoms with E-state index >= 15 is 0 Å². The minimum absolute atomic E-state index is 1.29. The van der Waals surface area contributed by atoms with Crippen LogP contribution < -0.4 is 0 Å². The number of alkyl halides is 2. The van der Waals surface area contributed by atoms with E-state index in [4.69, 9.17) is 15.3 Å². The third-order valence-electron chi connectivity index (χ3n) is 0.998. The van der Waals surface area contributed by atoms with Gasteiger partial charge < -0.3 is 15.3 Å². The van der Waals surface area contributed by atoms with Crippen LogP contribution in [0.15, 0.2) is 0 Å². The van der Waals surface area contributed by atoms with E-state index in [-0.39, 0.29) is 0 Å². The first-order valence-corrected chi connectivity index (χ1v) is 4.25. The highest BCUT2D eigenvalue weighted by Crippen LogP contribution is 2.30. The van der Waals surface area contributed by atoms with Crippen molar-refractivity contribution in [2.24, 2.45) is 0 Å². The van der Waals surface area contributed by atoms with Crippen molar-refractivity contribution in [2.45, 2.75) is 29.0 Å². The van der Waals surface area contributed by atoms with Gasteiger partial charge in [0.15, 0.2) is 0 Å². The number of aliphatic hydroxyl groups excluding tert-OH is 1. The van der Waals surface area contributed by atoms with E-state index in [0.29, 0.717) is 0 Å². The van der Waals surface area contributed by atoms with Gasteiger partial charge in [-0.15, -0.1) is 0 Å². The van der Waals surface area contributed by atoms with Crippen molar-refractivity contribution < 1.29 is 15.3 Å². The number of hydrogen-bond donors (Lipinski definition) is 3. The molecule has 0 aliphatic carbocycles. The summed E-state index contributed by atoms with van der Waals surface area (Å²) in [5.74, 6) is 0. The zero-order chi connectivity index (χ0) is 8.58. The Morgan fingerprint density at radius 1 is 1.10 bits per heavy atom. The first kappa shape index (κ1) is 10.8. The molecule has 0 spiro atoms. The molecule has 3 N–H and O–H groups in total. The predicted molar refractivity (Wildman–Crippen MR) is 45.1 cm³/mol. The van der Waals surface area contributed by atoms with Gasteiger partial charge in [0.2, 0.25) is 0 Å². The zero-order valence-electron chi connectivity index (χ0n) is 5.67. The monoisotopic (exact) mass is 276 g/mol. The van der Waals surface area contributed by atoms with Crippen molar-refractivity contribution in [3.8, 4) is 0 Å². The van der Waals surface area contributed by atoms with E-state index in [1.165, 1.54) is 13.8 Å². The van der Waals surface area contributed by atoms with Crippen LogP contribution in [-0.2, 0) is 0 Å². The Bertz CT molecular complexity index is 99.0. The molecule has 0 saturated carbocycles. The number of rotatable bonds is 2. The highest BCUT2D eigenvalue weighted by Gasteiger charge is 2.39. The predicted octanol–water partition coefficient (Wildman–Crippen LogP) is 0.554. The Morgan fingerprint density at radius 2 is 1.30 bits per heavy atom. The van der Waals surface area contributed by atoms with Gasteiger partial charge in [0.1, 0.15) is 15.1 Å². The molecule has 0 radical (unpaired) electrons. The first-order valence-electron chi connectivity index (χ1n) is 2.66. The summed E-state index contributed by atoms with van der Waals surface area (Å²) in [4.78, 5) is 0. The minimum atomic E-state index is -1.49. The molecule has 5 heteroatoms. The number of aliphatic hydroxyl groups is 3. The summed E-state index contributed by atoms with van der Waals surface area (Å²) in [6, 6.07) is 0. The second kappa shape index (κ2) is 3.06.